The monoisotopic (exact) mass is 460 g/mol. The van der Waals surface area contributed by atoms with E-state index in [4.69, 9.17) is 19.2 Å². The number of hydrogen-bond acceptors (Lipinski definition) is 6. The van der Waals surface area contributed by atoms with Gasteiger partial charge in [-0.1, -0.05) is 19.1 Å². The van der Waals surface area contributed by atoms with Gasteiger partial charge in [0, 0.05) is 24.6 Å². The minimum absolute atomic E-state index is 0.0719. The number of fused-ring (bicyclic) bond motifs is 1. The average Bonchev–Trinajstić information content (AvgIpc) is 3.27. The highest BCUT2D eigenvalue weighted by molar-refractivity contribution is 5.97. The van der Waals surface area contributed by atoms with Crippen molar-refractivity contribution < 1.29 is 19.0 Å². The molecule has 34 heavy (non-hydrogen) atoms. The van der Waals surface area contributed by atoms with Crippen molar-refractivity contribution in [1.82, 2.24) is 19.9 Å². The van der Waals surface area contributed by atoms with Gasteiger partial charge in [0.1, 0.15) is 22.8 Å². The third-order valence-corrected chi connectivity index (χ3v) is 5.61. The number of nitrogens with zero attached hydrogens (tertiary/aromatic N) is 3. The van der Waals surface area contributed by atoms with Crippen molar-refractivity contribution in [3.05, 3.63) is 66.4 Å². The number of methoxy groups -OCH3 is 3. The molecule has 4 rings (SSSR count). The summed E-state index contributed by atoms with van der Waals surface area (Å²) in [5, 5.41) is 2.99. The first-order valence-corrected chi connectivity index (χ1v) is 11.0. The Morgan fingerprint density at radius 1 is 1.03 bits per heavy atom. The lowest BCUT2D eigenvalue weighted by molar-refractivity contribution is 0.0894. The van der Waals surface area contributed by atoms with E-state index in [1.807, 2.05) is 60.0 Å². The van der Waals surface area contributed by atoms with E-state index >= 15 is 0 Å². The molecule has 8 nitrogen and oxygen atoms in total. The number of carbonyl (C=O) groups excluding carboxylic acids is 1. The van der Waals surface area contributed by atoms with E-state index in [-0.39, 0.29) is 11.9 Å². The van der Waals surface area contributed by atoms with Crippen LogP contribution in [0.15, 0.2) is 60.8 Å². The maximum absolute atomic E-state index is 12.8. The number of rotatable bonds is 9. The standard InChI is InChI=1S/C26H28N4O4/c1-5-19(16-32-2)28-26(31)18-14-23-25(27-15-18)30(20-9-11-21(33-3)12-10-20)24(29-23)17-7-6-8-22(13-17)34-4/h6-15,19H,5,16H2,1-4H3,(H,28,31). The number of benzene rings is 2. The Balaban J connectivity index is 1.82. The van der Waals surface area contributed by atoms with Crippen LogP contribution in [0.3, 0.4) is 0 Å². The SMILES string of the molecule is CCC(COC)NC(=O)c1cnc2c(c1)nc(-c1cccc(OC)c1)n2-c1ccc(OC)cc1. The zero-order valence-corrected chi connectivity index (χ0v) is 19.7. The quantitative estimate of drug-likeness (QED) is 0.402. The van der Waals surface area contributed by atoms with Gasteiger partial charge in [0.25, 0.3) is 5.91 Å². The van der Waals surface area contributed by atoms with Crippen LogP contribution in [-0.4, -0.2) is 54.4 Å². The minimum atomic E-state index is -0.208. The van der Waals surface area contributed by atoms with E-state index in [9.17, 15) is 4.79 Å². The van der Waals surface area contributed by atoms with Crippen LogP contribution in [-0.2, 0) is 4.74 Å². The molecule has 1 atom stereocenters. The second-order valence-corrected chi connectivity index (χ2v) is 7.80. The molecule has 1 amide bonds. The second-order valence-electron chi connectivity index (χ2n) is 7.80. The van der Waals surface area contributed by atoms with Crippen molar-refractivity contribution >= 4 is 17.1 Å². The third kappa shape index (κ3) is 4.72. The topological polar surface area (TPSA) is 87.5 Å². The molecule has 4 aromatic rings. The highest BCUT2D eigenvalue weighted by atomic mass is 16.5. The summed E-state index contributed by atoms with van der Waals surface area (Å²) < 4.78 is 17.9. The van der Waals surface area contributed by atoms with Gasteiger partial charge in [-0.3, -0.25) is 9.36 Å². The van der Waals surface area contributed by atoms with Crippen LogP contribution in [0.4, 0.5) is 0 Å². The van der Waals surface area contributed by atoms with Crippen LogP contribution in [0.5, 0.6) is 11.5 Å². The minimum Gasteiger partial charge on any atom is -0.497 e. The molecular weight excluding hydrogens is 432 g/mol. The normalized spacial score (nSPS) is 11.9. The van der Waals surface area contributed by atoms with Gasteiger partial charge < -0.3 is 19.5 Å². The van der Waals surface area contributed by atoms with E-state index in [0.29, 0.717) is 29.2 Å². The molecule has 0 saturated carbocycles. The number of ether oxygens (including phenoxy) is 3. The summed E-state index contributed by atoms with van der Waals surface area (Å²) in [6.07, 6.45) is 2.34. The predicted molar refractivity (Wildman–Crippen MR) is 131 cm³/mol. The molecule has 0 bridgehead atoms. The maximum Gasteiger partial charge on any atom is 0.253 e. The summed E-state index contributed by atoms with van der Waals surface area (Å²) in [5.41, 5.74) is 3.44. The number of amides is 1. The summed E-state index contributed by atoms with van der Waals surface area (Å²) >= 11 is 0. The fraction of sp³-hybridized carbons (Fsp3) is 0.269. The summed E-state index contributed by atoms with van der Waals surface area (Å²) in [6.45, 7) is 2.45. The lowest BCUT2D eigenvalue weighted by atomic mass is 10.2. The molecule has 0 fully saturated rings. The van der Waals surface area contributed by atoms with E-state index < -0.39 is 0 Å². The second kappa shape index (κ2) is 10.4. The Bertz CT molecular complexity index is 1280. The largest absolute Gasteiger partial charge is 0.497 e. The maximum atomic E-state index is 12.8. The number of aromatic nitrogens is 3. The van der Waals surface area contributed by atoms with Crippen molar-refractivity contribution in [3.63, 3.8) is 0 Å². The first-order valence-electron chi connectivity index (χ1n) is 11.0. The molecule has 1 N–H and O–H groups in total. The van der Waals surface area contributed by atoms with E-state index in [0.717, 1.165) is 29.2 Å². The van der Waals surface area contributed by atoms with Gasteiger partial charge >= 0.3 is 0 Å². The zero-order valence-electron chi connectivity index (χ0n) is 19.7. The predicted octanol–water partition coefficient (Wildman–Crippen LogP) is 4.26. The van der Waals surface area contributed by atoms with Gasteiger partial charge in [0.2, 0.25) is 0 Å². The molecule has 8 heteroatoms. The highest BCUT2D eigenvalue weighted by Crippen LogP contribution is 2.30. The number of pyridine rings is 1. The highest BCUT2D eigenvalue weighted by Gasteiger charge is 2.19. The molecule has 0 radical (unpaired) electrons. The van der Waals surface area contributed by atoms with Crippen LogP contribution in [0.1, 0.15) is 23.7 Å². The summed E-state index contributed by atoms with van der Waals surface area (Å²) in [6, 6.07) is 17.1. The smallest absolute Gasteiger partial charge is 0.253 e. The van der Waals surface area contributed by atoms with Gasteiger partial charge in [-0.2, -0.15) is 0 Å². The first-order chi connectivity index (χ1) is 16.6. The Morgan fingerprint density at radius 3 is 2.47 bits per heavy atom. The molecule has 0 aliphatic rings. The summed E-state index contributed by atoms with van der Waals surface area (Å²) in [7, 11) is 4.88. The van der Waals surface area contributed by atoms with Gasteiger partial charge in [0.05, 0.1) is 32.4 Å². The summed E-state index contributed by atoms with van der Waals surface area (Å²) in [5.74, 6) is 1.96. The number of nitrogens with one attached hydrogen (secondary N) is 1. The molecule has 1 unspecified atom stereocenters. The lowest BCUT2D eigenvalue weighted by Gasteiger charge is -2.15. The molecule has 0 aliphatic carbocycles. The van der Waals surface area contributed by atoms with Crippen LogP contribution in [0, 0.1) is 0 Å². The van der Waals surface area contributed by atoms with Crippen molar-refractivity contribution in [2.45, 2.75) is 19.4 Å². The fourth-order valence-electron chi connectivity index (χ4n) is 3.75. The molecule has 2 aromatic heterocycles. The van der Waals surface area contributed by atoms with Gasteiger partial charge in [-0.15, -0.1) is 0 Å². The molecule has 2 aromatic carbocycles. The summed E-state index contributed by atoms with van der Waals surface area (Å²) in [4.78, 5) is 22.3. The molecule has 0 saturated heterocycles. The molecule has 176 valence electrons. The fourth-order valence-corrected chi connectivity index (χ4v) is 3.75. The van der Waals surface area contributed by atoms with E-state index in [1.165, 1.54) is 0 Å². The Morgan fingerprint density at radius 2 is 1.79 bits per heavy atom. The molecule has 2 heterocycles. The van der Waals surface area contributed by atoms with Crippen LogP contribution in [0.25, 0.3) is 28.2 Å². The van der Waals surface area contributed by atoms with Gasteiger partial charge in [-0.25, -0.2) is 9.97 Å². The number of hydrogen-bond donors (Lipinski definition) is 1. The third-order valence-electron chi connectivity index (χ3n) is 5.61. The Hall–Kier alpha value is -3.91. The first kappa shape index (κ1) is 23.3. The number of imidazole rings is 1. The average molecular weight is 461 g/mol. The van der Waals surface area contributed by atoms with Crippen molar-refractivity contribution in [3.8, 4) is 28.6 Å². The van der Waals surface area contributed by atoms with Gasteiger partial charge in [-0.05, 0) is 48.9 Å². The molecular formula is C26H28N4O4. The van der Waals surface area contributed by atoms with Gasteiger partial charge in [0.15, 0.2) is 5.65 Å². The van der Waals surface area contributed by atoms with Crippen LogP contribution in [0.2, 0.25) is 0 Å². The van der Waals surface area contributed by atoms with Crippen molar-refractivity contribution in [2.24, 2.45) is 0 Å². The van der Waals surface area contributed by atoms with Crippen molar-refractivity contribution in [2.75, 3.05) is 27.9 Å². The number of carbonyl (C=O) groups is 1. The molecule has 0 spiro atoms. The van der Waals surface area contributed by atoms with Crippen LogP contribution < -0.4 is 14.8 Å². The van der Waals surface area contributed by atoms with E-state index in [1.54, 1.807) is 33.6 Å². The lowest BCUT2D eigenvalue weighted by Crippen LogP contribution is -2.37. The van der Waals surface area contributed by atoms with Crippen LogP contribution >= 0.6 is 0 Å². The van der Waals surface area contributed by atoms with E-state index in [2.05, 4.69) is 10.3 Å². The molecule has 0 aliphatic heterocycles. The Labute approximate surface area is 198 Å². The van der Waals surface area contributed by atoms with Crippen molar-refractivity contribution in [1.29, 1.82) is 0 Å². The Kier molecular flexibility index (Phi) is 7.08. The zero-order chi connectivity index (χ0) is 24.1.